The Bertz CT molecular complexity index is 292. The number of nitriles is 1. The summed E-state index contributed by atoms with van der Waals surface area (Å²) in [6.07, 6.45) is 2.28. The maximum atomic E-state index is 11.5. The SMILES string of the molecule is CCN(CC1CC1)C(=O)C(=O)NCC#N. The number of carbonyl (C=O) groups excluding carboxylic acids is 2. The van der Waals surface area contributed by atoms with Crippen LogP contribution < -0.4 is 5.32 Å². The molecule has 0 heterocycles. The minimum Gasteiger partial charge on any atom is -0.335 e. The van der Waals surface area contributed by atoms with Crippen molar-refractivity contribution in [2.24, 2.45) is 5.92 Å². The maximum absolute atomic E-state index is 11.5. The lowest BCUT2D eigenvalue weighted by Crippen LogP contribution is -2.43. The van der Waals surface area contributed by atoms with Crippen molar-refractivity contribution in [2.75, 3.05) is 19.6 Å². The average molecular weight is 209 g/mol. The van der Waals surface area contributed by atoms with E-state index in [1.54, 1.807) is 6.07 Å². The first-order valence-electron chi connectivity index (χ1n) is 5.13. The zero-order valence-electron chi connectivity index (χ0n) is 8.82. The smallest absolute Gasteiger partial charge is 0.311 e. The lowest BCUT2D eigenvalue weighted by molar-refractivity contribution is -0.145. The molecule has 1 aliphatic rings. The number of nitrogens with zero attached hydrogens (tertiary/aromatic N) is 2. The van der Waals surface area contributed by atoms with E-state index in [-0.39, 0.29) is 6.54 Å². The highest BCUT2D eigenvalue weighted by Crippen LogP contribution is 2.29. The van der Waals surface area contributed by atoms with Gasteiger partial charge in [0.25, 0.3) is 0 Å². The lowest BCUT2D eigenvalue weighted by atomic mass is 10.3. The van der Waals surface area contributed by atoms with Crippen LogP contribution in [0.25, 0.3) is 0 Å². The second-order valence-corrected chi connectivity index (χ2v) is 3.63. The Morgan fingerprint density at radius 1 is 1.53 bits per heavy atom. The van der Waals surface area contributed by atoms with E-state index in [1.165, 1.54) is 4.90 Å². The van der Waals surface area contributed by atoms with Gasteiger partial charge in [0, 0.05) is 13.1 Å². The van der Waals surface area contributed by atoms with Crippen LogP contribution in [-0.2, 0) is 9.59 Å². The summed E-state index contributed by atoms with van der Waals surface area (Å²) in [5.41, 5.74) is 0. The fourth-order valence-electron chi connectivity index (χ4n) is 1.31. The summed E-state index contributed by atoms with van der Waals surface area (Å²) in [6.45, 7) is 2.92. The Labute approximate surface area is 89.0 Å². The highest BCUT2D eigenvalue weighted by molar-refractivity contribution is 6.35. The predicted octanol–water partition coefficient (Wildman–Crippen LogP) is -0.115. The largest absolute Gasteiger partial charge is 0.335 e. The van der Waals surface area contributed by atoms with Crippen molar-refractivity contribution in [3.8, 4) is 6.07 Å². The minimum absolute atomic E-state index is 0.119. The van der Waals surface area contributed by atoms with Crippen molar-refractivity contribution in [1.29, 1.82) is 5.26 Å². The maximum Gasteiger partial charge on any atom is 0.311 e. The van der Waals surface area contributed by atoms with Gasteiger partial charge < -0.3 is 10.2 Å². The molecular formula is C10H15N3O2. The summed E-state index contributed by atoms with van der Waals surface area (Å²) < 4.78 is 0. The van der Waals surface area contributed by atoms with Crippen molar-refractivity contribution in [3.63, 3.8) is 0 Å². The third-order valence-electron chi connectivity index (χ3n) is 2.37. The molecule has 1 saturated carbocycles. The Hall–Kier alpha value is -1.57. The van der Waals surface area contributed by atoms with Gasteiger partial charge in [-0.05, 0) is 25.7 Å². The van der Waals surface area contributed by atoms with Crippen LogP contribution in [0.1, 0.15) is 19.8 Å². The molecule has 1 rings (SSSR count). The summed E-state index contributed by atoms with van der Waals surface area (Å²) in [5, 5.41) is 10.5. The standard InChI is InChI=1S/C10H15N3O2/c1-2-13(7-8-3-4-8)10(15)9(14)12-6-5-11/h8H,2-4,6-7H2,1H3,(H,12,14). The molecule has 1 fully saturated rings. The van der Waals surface area contributed by atoms with Crippen LogP contribution >= 0.6 is 0 Å². The van der Waals surface area contributed by atoms with Crippen molar-refractivity contribution < 1.29 is 9.59 Å². The highest BCUT2D eigenvalue weighted by Gasteiger charge is 2.28. The summed E-state index contributed by atoms with van der Waals surface area (Å²) >= 11 is 0. The van der Waals surface area contributed by atoms with Gasteiger partial charge >= 0.3 is 11.8 Å². The first-order valence-corrected chi connectivity index (χ1v) is 5.13. The number of amides is 2. The van der Waals surface area contributed by atoms with Crippen LogP contribution in [0.2, 0.25) is 0 Å². The van der Waals surface area contributed by atoms with Crippen LogP contribution in [0.3, 0.4) is 0 Å². The van der Waals surface area contributed by atoms with Gasteiger partial charge in [0.15, 0.2) is 0 Å². The normalized spacial score (nSPS) is 14.1. The molecule has 0 bridgehead atoms. The number of likely N-dealkylation sites (N-methyl/N-ethyl adjacent to an activating group) is 1. The molecule has 1 aliphatic carbocycles. The molecule has 0 radical (unpaired) electrons. The van der Waals surface area contributed by atoms with Gasteiger partial charge in [-0.15, -0.1) is 0 Å². The number of rotatable bonds is 4. The minimum atomic E-state index is -0.681. The van der Waals surface area contributed by atoms with E-state index < -0.39 is 11.8 Å². The topological polar surface area (TPSA) is 73.2 Å². The summed E-state index contributed by atoms with van der Waals surface area (Å²) in [4.78, 5) is 24.3. The highest BCUT2D eigenvalue weighted by atomic mass is 16.2. The molecular weight excluding hydrogens is 194 g/mol. The number of carbonyl (C=O) groups is 2. The molecule has 0 aromatic carbocycles. The van der Waals surface area contributed by atoms with Crippen LogP contribution in [0.5, 0.6) is 0 Å². The van der Waals surface area contributed by atoms with Crippen molar-refractivity contribution >= 4 is 11.8 Å². The van der Waals surface area contributed by atoms with Gasteiger partial charge in [0.1, 0.15) is 6.54 Å². The molecule has 0 unspecified atom stereocenters. The fourth-order valence-corrected chi connectivity index (χ4v) is 1.31. The third-order valence-corrected chi connectivity index (χ3v) is 2.37. The number of hydrogen-bond donors (Lipinski definition) is 1. The Balaban J connectivity index is 2.40. The van der Waals surface area contributed by atoms with Crippen molar-refractivity contribution in [2.45, 2.75) is 19.8 Å². The first kappa shape index (κ1) is 11.5. The summed E-state index contributed by atoms with van der Waals surface area (Å²) in [6, 6.07) is 1.76. The molecule has 5 heteroatoms. The lowest BCUT2D eigenvalue weighted by Gasteiger charge is -2.19. The van der Waals surface area contributed by atoms with Crippen LogP contribution in [0.4, 0.5) is 0 Å². The van der Waals surface area contributed by atoms with Gasteiger partial charge in [0.2, 0.25) is 0 Å². The zero-order valence-corrected chi connectivity index (χ0v) is 8.82. The molecule has 0 atom stereocenters. The van der Waals surface area contributed by atoms with E-state index in [1.807, 2.05) is 6.92 Å². The molecule has 82 valence electrons. The third kappa shape index (κ3) is 3.58. The Kier molecular flexibility index (Phi) is 4.10. The number of nitrogens with one attached hydrogen (secondary N) is 1. The van der Waals surface area contributed by atoms with Crippen molar-refractivity contribution in [1.82, 2.24) is 10.2 Å². The molecule has 0 aromatic rings. The van der Waals surface area contributed by atoms with E-state index in [9.17, 15) is 9.59 Å². The quantitative estimate of drug-likeness (QED) is 0.518. The fraction of sp³-hybridized carbons (Fsp3) is 0.700. The van der Waals surface area contributed by atoms with Gasteiger partial charge in [-0.2, -0.15) is 5.26 Å². The van der Waals surface area contributed by atoms with Gasteiger partial charge in [-0.3, -0.25) is 9.59 Å². The van der Waals surface area contributed by atoms with Crippen molar-refractivity contribution in [3.05, 3.63) is 0 Å². The van der Waals surface area contributed by atoms with E-state index in [0.717, 1.165) is 12.8 Å². The van der Waals surface area contributed by atoms with E-state index in [4.69, 9.17) is 5.26 Å². The first-order chi connectivity index (χ1) is 7.19. The molecule has 5 nitrogen and oxygen atoms in total. The zero-order chi connectivity index (χ0) is 11.3. The predicted molar refractivity (Wildman–Crippen MR) is 53.6 cm³/mol. The number of hydrogen-bond acceptors (Lipinski definition) is 3. The van der Waals surface area contributed by atoms with Crippen LogP contribution in [-0.4, -0.2) is 36.3 Å². The second kappa shape index (κ2) is 5.35. The molecule has 1 N–H and O–H groups in total. The average Bonchev–Trinajstić information content (AvgIpc) is 3.05. The Morgan fingerprint density at radius 3 is 2.67 bits per heavy atom. The molecule has 0 saturated heterocycles. The van der Waals surface area contributed by atoms with E-state index in [2.05, 4.69) is 5.32 Å². The van der Waals surface area contributed by atoms with E-state index >= 15 is 0 Å². The molecule has 0 spiro atoms. The molecule has 2 amide bonds. The monoisotopic (exact) mass is 209 g/mol. The molecule has 15 heavy (non-hydrogen) atoms. The molecule has 0 aliphatic heterocycles. The van der Waals surface area contributed by atoms with Gasteiger partial charge in [-0.1, -0.05) is 0 Å². The van der Waals surface area contributed by atoms with Crippen LogP contribution in [0.15, 0.2) is 0 Å². The summed E-state index contributed by atoms with van der Waals surface area (Å²) in [7, 11) is 0. The van der Waals surface area contributed by atoms with Gasteiger partial charge in [-0.25, -0.2) is 0 Å². The van der Waals surface area contributed by atoms with Gasteiger partial charge in [0.05, 0.1) is 6.07 Å². The van der Waals surface area contributed by atoms with E-state index in [0.29, 0.717) is 19.0 Å². The molecule has 0 aromatic heterocycles. The second-order valence-electron chi connectivity index (χ2n) is 3.63. The Morgan fingerprint density at radius 2 is 2.20 bits per heavy atom. The van der Waals surface area contributed by atoms with Crippen LogP contribution in [0, 0.1) is 17.2 Å². The summed E-state index contributed by atoms with van der Waals surface area (Å²) in [5.74, 6) is -0.642.